The summed E-state index contributed by atoms with van der Waals surface area (Å²) in [6, 6.07) is 5.80. The fourth-order valence-electron chi connectivity index (χ4n) is 2.49. The Morgan fingerprint density at radius 3 is 2.48 bits per heavy atom. The van der Waals surface area contributed by atoms with Crippen molar-refractivity contribution in [3.8, 4) is 0 Å². The van der Waals surface area contributed by atoms with Crippen molar-refractivity contribution in [3.05, 3.63) is 52.3 Å². The zero-order valence-corrected chi connectivity index (χ0v) is 12.3. The van der Waals surface area contributed by atoms with Crippen molar-refractivity contribution >= 4 is 23.2 Å². The Hall–Kier alpha value is -3.03. The van der Waals surface area contributed by atoms with Crippen LogP contribution in [0.1, 0.15) is 23.2 Å². The molecule has 3 rings (SSSR count). The summed E-state index contributed by atoms with van der Waals surface area (Å²) in [5.41, 5.74) is 0.164. The Kier molecular flexibility index (Phi) is 4.13. The Labute approximate surface area is 132 Å². The van der Waals surface area contributed by atoms with Gasteiger partial charge in [-0.05, 0) is 18.9 Å². The van der Waals surface area contributed by atoms with E-state index >= 15 is 0 Å². The van der Waals surface area contributed by atoms with E-state index in [1.807, 2.05) is 0 Å². The number of aromatic nitrogens is 2. The first-order valence-corrected chi connectivity index (χ1v) is 7.27. The highest BCUT2D eigenvalue weighted by Gasteiger charge is 2.20. The average molecular weight is 313 g/mol. The smallest absolute Gasteiger partial charge is 0.282 e. The summed E-state index contributed by atoms with van der Waals surface area (Å²) >= 11 is 0. The monoisotopic (exact) mass is 313 g/mol. The molecular formula is C15H15N5O3. The lowest BCUT2D eigenvalue weighted by atomic mass is 10.1. The molecule has 0 spiro atoms. The topological polar surface area (TPSA) is 101 Å². The highest BCUT2D eigenvalue weighted by Crippen LogP contribution is 2.20. The standard InChI is InChI=1S/C15H15N5O3/c21-14(12-5-1-2-6-13(12)20(22)23)18-11-9-16-15(17-10-11)19-7-3-4-8-19/h1-2,5-6,9-10H,3-4,7-8H2,(H,18,21). The Bertz CT molecular complexity index is 726. The molecule has 1 aromatic carbocycles. The van der Waals surface area contributed by atoms with Gasteiger partial charge in [-0.1, -0.05) is 12.1 Å². The van der Waals surface area contributed by atoms with Crippen LogP contribution in [0.15, 0.2) is 36.7 Å². The number of hydrogen-bond acceptors (Lipinski definition) is 6. The molecule has 1 aliphatic heterocycles. The van der Waals surface area contributed by atoms with Crippen LogP contribution in [0.2, 0.25) is 0 Å². The third-order valence-electron chi connectivity index (χ3n) is 3.63. The van der Waals surface area contributed by atoms with Crippen molar-refractivity contribution in [1.82, 2.24) is 9.97 Å². The number of nitrogens with zero attached hydrogens (tertiary/aromatic N) is 4. The van der Waals surface area contributed by atoms with Crippen molar-refractivity contribution in [2.75, 3.05) is 23.3 Å². The molecule has 1 aliphatic rings. The first-order valence-electron chi connectivity index (χ1n) is 7.27. The lowest BCUT2D eigenvalue weighted by Gasteiger charge is -2.14. The van der Waals surface area contributed by atoms with Gasteiger partial charge in [-0.15, -0.1) is 0 Å². The molecule has 1 amide bonds. The van der Waals surface area contributed by atoms with E-state index in [4.69, 9.17) is 0 Å². The number of para-hydroxylation sites is 1. The number of anilines is 2. The number of carbonyl (C=O) groups excluding carboxylic acids is 1. The molecule has 0 atom stereocenters. The minimum Gasteiger partial charge on any atom is -0.341 e. The number of carbonyl (C=O) groups is 1. The molecule has 1 fully saturated rings. The molecular weight excluding hydrogens is 298 g/mol. The minimum absolute atomic E-state index is 0.00104. The molecule has 1 saturated heterocycles. The minimum atomic E-state index is -0.581. The summed E-state index contributed by atoms with van der Waals surface area (Å²) < 4.78 is 0. The third-order valence-corrected chi connectivity index (χ3v) is 3.63. The van der Waals surface area contributed by atoms with Gasteiger partial charge in [-0.25, -0.2) is 9.97 Å². The second kappa shape index (κ2) is 6.39. The first kappa shape index (κ1) is 14.9. The van der Waals surface area contributed by atoms with Crippen molar-refractivity contribution in [2.45, 2.75) is 12.8 Å². The van der Waals surface area contributed by atoms with Crippen LogP contribution in [0.5, 0.6) is 0 Å². The van der Waals surface area contributed by atoms with E-state index in [0.717, 1.165) is 25.9 Å². The quantitative estimate of drug-likeness (QED) is 0.686. The van der Waals surface area contributed by atoms with E-state index in [-0.39, 0.29) is 11.3 Å². The molecule has 0 radical (unpaired) electrons. The number of benzene rings is 1. The van der Waals surface area contributed by atoms with Crippen LogP contribution in [0.3, 0.4) is 0 Å². The predicted octanol–water partition coefficient (Wildman–Crippen LogP) is 2.24. The maximum atomic E-state index is 12.2. The molecule has 8 heteroatoms. The van der Waals surface area contributed by atoms with Gasteiger partial charge >= 0.3 is 0 Å². The zero-order chi connectivity index (χ0) is 16.2. The van der Waals surface area contributed by atoms with Gasteiger partial charge in [0, 0.05) is 19.2 Å². The fourth-order valence-corrected chi connectivity index (χ4v) is 2.49. The lowest BCUT2D eigenvalue weighted by molar-refractivity contribution is -0.385. The number of nitrogens with one attached hydrogen (secondary N) is 1. The summed E-state index contributed by atoms with van der Waals surface area (Å²) in [5.74, 6) is 0.0704. The molecule has 118 valence electrons. The Balaban J connectivity index is 1.74. The van der Waals surface area contributed by atoms with Crippen LogP contribution in [0.25, 0.3) is 0 Å². The van der Waals surface area contributed by atoms with Crippen molar-refractivity contribution < 1.29 is 9.72 Å². The van der Waals surface area contributed by atoms with E-state index in [1.165, 1.54) is 30.6 Å². The summed E-state index contributed by atoms with van der Waals surface area (Å²) in [6.45, 7) is 1.86. The fraction of sp³-hybridized carbons (Fsp3) is 0.267. The van der Waals surface area contributed by atoms with Crippen molar-refractivity contribution in [2.24, 2.45) is 0 Å². The van der Waals surface area contributed by atoms with Gasteiger partial charge in [0.2, 0.25) is 5.95 Å². The molecule has 1 N–H and O–H groups in total. The summed E-state index contributed by atoms with van der Waals surface area (Å²) in [5, 5.41) is 13.6. The maximum absolute atomic E-state index is 12.2. The van der Waals surface area contributed by atoms with E-state index in [2.05, 4.69) is 20.2 Å². The van der Waals surface area contributed by atoms with E-state index in [9.17, 15) is 14.9 Å². The molecule has 2 heterocycles. The highest BCUT2D eigenvalue weighted by molar-refractivity contribution is 6.06. The van der Waals surface area contributed by atoms with Crippen molar-refractivity contribution in [1.29, 1.82) is 0 Å². The molecule has 0 unspecified atom stereocenters. The van der Waals surface area contributed by atoms with Gasteiger partial charge < -0.3 is 10.2 Å². The largest absolute Gasteiger partial charge is 0.341 e. The van der Waals surface area contributed by atoms with Gasteiger partial charge in [0.25, 0.3) is 11.6 Å². The second-order valence-electron chi connectivity index (χ2n) is 5.19. The summed E-state index contributed by atoms with van der Waals surface area (Å²) in [7, 11) is 0. The van der Waals surface area contributed by atoms with Gasteiger partial charge in [-0.2, -0.15) is 0 Å². The van der Waals surface area contributed by atoms with E-state index in [0.29, 0.717) is 11.6 Å². The van der Waals surface area contributed by atoms with Crippen LogP contribution in [-0.2, 0) is 0 Å². The SMILES string of the molecule is O=C(Nc1cnc(N2CCCC2)nc1)c1ccccc1[N+](=O)[O-]. The molecule has 2 aromatic rings. The highest BCUT2D eigenvalue weighted by atomic mass is 16.6. The molecule has 0 bridgehead atoms. The van der Waals surface area contributed by atoms with Gasteiger partial charge in [-0.3, -0.25) is 14.9 Å². The normalized spacial score (nSPS) is 13.8. The van der Waals surface area contributed by atoms with Gasteiger partial charge in [0.1, 0.15) is 5.56 Å². The van der Waals surface area contributed by atoms with Gasteiger partial charge in [0.15, 0.2) is 0 Å². The van der Waals surface area contributed by atoms with Crippen LogP contribution < -0.4 is 10.2 Å². The number of hydrogen-bond donors (Lipinski definition) is 1. The summed E-state index contributed by atoms with van der Waals surface area (Å²) in [4.78, 5) is 33.1. The predicted molar refractivity (Wildman–Crippen MR) is 84.5 cm³/mol. The Morgan fingerprint density at radius 1 is 1.17 bits per heavy atom. The molecule has 0 aliphatic carbocycles. The number of nitro benzene ring substituents is 1. The number of rotatable bonds is 4. The van der Waals surface area contributed by atoms with Crippen LogP contribution in [-0.4, -0.2) is 33.9 Å². The molecule has 23 heavy (non-hydrogen) atoms. The average Bonchev–Trinajstić information content (AvgIpc) is 3.10. The summed E-state index contributed by atoms with van der Waals surface area (Å²) in [6.07, 6.45) is 5.26. The molecule has 8 nitrogen and oxygen atoms in total. The molecule has 0 saturated carbocycles. The third kappa shape index (κ3) is 3.25. The van der Waals surface area contributed by atoms with Crippen LogP contribution >= 0.6 is 0 Å². The van der Waals surface area contributed by atoms with Gasteiger partial charge in [0.05, 0.1) is 23.0 Å². The first-order chi connectivity index (χ1) is 11.1. The molecule has 1 aromatic heterocycles. The van der Waals surface area contributed by atoms with Crippen LogP contribution in [0, 0.1) is 10.1 Å². The van der Waals surface area contributed by atoms with E-state index in [1.54, 1.807) is 6.07 Å². The lowest BCUT2D eigenvalue weighted by Crippen LogP contribution is -2.20. The van der Waals surface area contributed by atoms with E-state index < -0.39 is 10.8 Å². The second-order valence-corrected chi connectivity index (χ2v) is 5.19. The zero-order valence-electron chi connectivity index (χ0n) is 12.3. The number of amides is 1. The van der Waals surface area contributed by atoms with Crippen LogP contribution in [0.4, 0.5) is 17.3 Å². The van der Waals surface area contributed by atoms with Crippen molar-refractivity contribution in [3.63, 3.8) is 0 Å². The maximum Gasteiger partial charge on any atom is 0.282 e. The number of nitro groups is 1. The Morgan fingerprint density at radius 2 is 1.83 bits per heavy atom.